The van der Waals surface area contributed by atoms with Crippen LogP contribution in [0.15, 0.2) is 0 Å². The van der Waals surface area contributed by atoms with Gasteiger partial charge in [-0.3, -0.25) is 9.36 Å². The van der Waals surface area contributed by atoms with Crippen LogP contribution in [0.1, 0.15) is 284 Å². The summed E-state index contributed by atoms with van der Waals surface area (Å²) in [5.41, 5.74) is 0. The third-order valence-corrected chi connectivity index (χ3v) is 13.6. The van der Waals surface area contributed by atoms with E-state index < -0.39 is 13.9 Å². The Morgan fingerprint density at radius 2 is 0.730 bits per heavy atom. The molecule has 0 heterocycles. The molecule has 2 atom stereocenters. The maximum absolute atomic E-state index is 12.7. The van der Waals surface area contributed by atoms with Gasteiger partial charge in [-0.15, -0.1) is 0 Å². The molecule has 378 valence electrons. The van der Waals surface area contributed by atoms with Crippen LogP contribution in [0, 0.1) is 0 Å². The summed E-state index contributed by atoms with van der Waals surface area (Å²) in [6, 6.07) is 0. The molecule has 0 fully saturated rings. The van der Waals surface area contributed by atoms with Gasteiger partial charge in [0.05, 0.1) is 34.4 Å². The van der Waals surface area contributed by atoms with E-state index in [2.05, 4.69) is 13.8 Å². The number of esters is 1. The fourth-order valence-electron chi connectivity index (χ4n) is 8.37. The number of likely N-dealkylation sites (N-methyl/N-ethyl adjacent to an activating group) is 1. The lowest BCUT2D eigenvalue weighted by atomic mass is 10.0. The van der Waals surface area contributed by atoms with Gasteiger partial charge in [-0.1, -0.05) is 264 Å². The summed E-state index contributed by atoms with van der Waals surface area (Å²) in [5, 5.41) is 0. The first kappa shape index (κ1) is 62.5. The van der Waals surface area contributed by atoms with Gasteiger partial charge in [-0.2, -0.15) is 0 Å². The van der Waals surface area contributed by atoms with Crippen LogP contribution in [0.25, 0.3) is 0 Å². The van der Waals surface area contributed by atoms with Crippen LogP contribution in [0.4, 0.5) is 0 Å². The zero-order valence-electron chi connectivity index (χ0n) is 43.1. The first-order valence-corrected chi connectivity index (χ1v) is 29.2. The van der Waals surface area contributed by atoms with Crippen LogP contribution in [-0.2, 0) is 27.9 Å². The van der Waals surface area contributed by atoms with E-state index in [0.29, 0.717) is 24.1 Å². The standard InChI is InChI=1S/C54H110NO7P/c1-6-8-10-12-14-16-18-20-22-24-25-26-27-28-29-30-31-32-34-36-38-40-42-44-46-49-59-51-53(52-61-63(57,58)60-50-48-55(3,4)5)62-54(56)47-45-43-41-39-37-35-33-23-21-19-17-15-13-11-9-7-2/h53H,6-52H2,1-5H3. The Bertz CT molecular complexity index is 976. The predicted octanol–water partition coefficient (Wildman–Crippen LogP) is 16.5. The average Bonchev–Trinajstić information content (AvgIpc) is 3.24. The van der Waals surface area contributed by atoms with Crippen molar-refractivity contribution in [3.8, 4) is 0 Å². The summed E-state index contributed by atoms with van der Waals surface area (Å²) in [7, 11) is 1.38. The molecule has 0 bridgehead atoms. The number of nitrogens with zero attached hydrogens (tertiary/aromatic N) is 1. The lowest BCUT2D eigenvalue weighted by Crippen LogP contribution is -2.37. The highest BCUT2D eigenvalue weighted by atomic mass is 31.2. The Labute approximate surface area is 393 Å². The van der Waals surface area contributed by atoms with E-state index in [4.69, 9.17) is 18.5 Å². The zero-order valence-corrected chi connectivity index (χ0v) is 44.0. The molecule has 0 radical (unpaired) electrons. The fraction of sp³-hybridized carbons (Fsp3) is 0.981. The van der Waals surface area contributed by atoms with Crippen molar-refractivity contribution in [1.82, 2.24) is 0 Å². The normalized spacial score (nSPS) is 13.4. The molecule has 0 saturated carbocycles. The van der Waals surface area contributed by atoms with Crippen molar-refractivity contribution in [3.05, 3.63) is 0 Å². The predicted molar refractivity (Wildman–Crippen MR) is 268 cm³/mol. The van der Waals surface area contributed by atoms with Crippen molar-refractivity contribution >= 4 is 13.8 Å². The van der Waals surface area contributed by atoms with Crippen LogP contribution < -0.4 is 4.89 Å². The molecule has 0 rings (SSSR count). The van der Waals surface area contributed by atoms with E-state index in [1.165, 1.54) is 231 Å². The van der Waals surface area contributed by atoms with Crippen molar-refractivity contribution in [2.45, 2.75) is 290 Å². The molecular formula is C54H110NO7P. The van der Waals surface area contributed by atoms with Gasteiger partial charge in [0.2, 0.25) is 0 Å². The Morgan fingerprint density at radius 3 is 1.05 bits per heavy atom. The number of quaternary nitrogens is 1. The summed E-state index contributed by atoms with van der Waals surface area (Å²) in [6.45, 7) is 5.50. The molecule has 0 aromatic carbocycles. The minimum absolute atomic E-state index is 0.0318. The molecule has 0 aromatic rings. The number of carbonyl (C=O) groups is 1. The number of carbonyl (C=O) groups excluding carboxylic acids is 1. The number of unbranched alkanes of at least 4 members (excludes halogenated alkanes) is 39. The Hall–Kier alpha value is -0.500. The quantitative estimate of drug-likeness (QED) is 0.0260. The molecule has 0 spiro atoms. The second-order valence-electron chi connectivity index (χ2n) is 20.3. The van der Waals surface area contributed by atoms with Crippen molar-refractivity contribution in [2.24, 2.45) is 0 Å². The molecule has 0 saturated heterocycles. The molecule has 0 N–H and O–H groups in total. The topological polar surface area (TPSA) is 94.1 Å². The molecule has 9 heteroatoms. The van der Waals surface area contributed by atoms with E-state index in [0.717, 1.165) is 32.1 Å². The lowest BCUT2D eigenvalue weighted by Gasteiger charge is -2.28. The van der Waals surface area contributed by atoms with Crippen molar-refractivity contribution in [2.75, 3.05) is 54.1 Å². The number of hydrogen-bond donors (Lipinski definition) is 0. The smallest absolute Gasteiger partial charge is 0.306 e. The number of rotatable bonds is 53. The number of ether oxygens (including phenoxy) is 2. The average molecular weight is 916 g/mol. The molecule has 0 aliphatic carbocycles. The molecule has 0 aliphatic heterocycles. The lowest BCUT2D eigenvalue weighted by molar-refractivity contribution is -0.870. The van der Waals surface area contributed by atoms with Crippen LogP contribution in [0.2, 0.25) is 0 Å². The summed E-state index contributed by atoms with van der Waals surface area (Å²) < 4.78 is 34.8. The highest BCUT2D eigenvalue weighted by Crippen LogP contribution is 2.38. The third kappa shape index (κ3) is 52.3. The van der Waals surface area contributed by atoms with Gasteiger partial charge in [0.25, 0.3) is 7.82 Å². The maximum Gasteiger partial charge on any atom is 0.306 e. The van der Waals surface area contributed by atoms with Gasteiger partial charge >= 0.3 is 5.97 Å². The van der Waals surface area contributed by atoms with E-state index in [1.807, 2.05) is 21.1 Å². The van der Waals surface area contributed by atoms with Gasteiger partial charge in [-0.05, 0) is 12.8 Å². The first-order chi connectivity index (χ1) is 30.6. The first-order valence-electron chi connectivity index (χ1n) is 27.8. The van der Waals surface area contributed by atoms with Gasteiger partial charge in [-0.25, -0.2) is 0 Å². The fourth-order valence-corrected chi connectivity index (χ4v) is 9.10. The van der Waals surface area contributed by atoms with E-state index in [9.17, 15) is 14.3 Å². The SMILES string of the molecule is CCCCCCCCCCCCCCCCCCCCCCCCCCCOCC(COP(=O)([O-])OCC[N+](C)(C)C)OC(=O)CCCCCCCCCCCCCCCCCC. The van der Waals surface area contributed by atoms with E-state index >= 15 is 0 Å². The largest absolute Gasteiger partial charge is 0.756 e. The van der Waals surface area contributed by atoms with Crippen molar-refractivity contribution in [1.29, 1.82) is 0 Å². The van der Waals surface area contributed by atoms with Crippen LogP contribution in [0.5, 0.6) is 0 Å². The van der Waals surface area contributed by atoms with Gasteiger partial charge in [0, 0.05) is 13.0 Å². The second-order valence-corrected chi connectivity index (χ2v) is 21.7. The summed E-state index contributed by atoms with van der Waals surface area (Å²) in [6.07, 6.45) is 54.3. The second kappa shape index (κ2) is 48.0. The third-order valence-electron chi connectivity index (χ3n) is 12.7. The minimum atomic E-state index is -4.52. The number of hydrogen-bond acceptors (Lipinski definition) is 7. The van der Waals surface area contributed by atoms with Crippen LogP contribution in [0.3, 0.4) is 0 Å². The van der Waals surface area contributed by atoms with Crippen LogP contribution in [-0.4, -0.2) is 70.7 Å². The number of phosphoric acid groups is 1. The highest BCUT2D eigenvalue weighted by molar-refractivity contribution is 7.45. The molecule has 63 heavy (non-hydrogen) atoms. The van der Waals surface area contributed by atoms with Gasteiger partial charge < -0.3 is 27.9 Å². The molecule has 0 aromatic heterocycles. The zero-order chi connectivity index (χ0) is 46.2. The highest BCUT2D eigenvalue weighted by Gasteiger charge is 2.20. The molecule has 0 amide bonds. The Balaban J connectivity index is 3.99. The van der Waals surface area contributed by atoms with Crippen molar-refractivity contribution < 1.29 is 37.3 Å². The summed E-state index contributed by atoms with van der Waals surface area (Å²) in [4.78, 5) is 25.2. The van der Waals surface area contributed by atoms with Gasteiger partial charge in [0.15, 0.2) is 0 Å². The van der Waals surface area contributed by atoms with Gasteiger partial charge in [0.1, 0.15) is 19.3 Å². The summed E-state index contributed by atoms with van der Waals surface area (Å²) in [5.74, 6) is -0.325. The van der Waals surface area contributed by atoms with Crippen LogP contribution >= 0.6 is 7.82 Å². The Morgan fingerprint density at radius 1 is 0.429 bits per heavy atom. The monoisotopic (exact) mass is 916 g/mol. The molecule has 2 unspecified atom stereocenters. The minimum Gasteiger partial charge on any atom is -0.756 e. The molecule has 0 aliphatic rings. The van der Waals surface area contributed by atoms with E-state index in [-0.39, 0.29) is 25.8 Å². The molecule has 8 nitrogen and oxygen atoms in total. The van der Waals surface area contributed by atoms with Crippen molar-refractivity contribution in [3.63, 3.8) is 0 Å². The van der Waals surface area contributed by atoms with E-state index in [1.54, 1.807) is 0 Å². The maximum atomic E-state index is 12.7. The summed E-state index contributed by atoms with van der Waals surface area (Å²) >= 11 is 0. The number of phosphoric ester groups is 1. The Kier molecular flexibility index (Phi) is 47.6. The molecular weight excluding hydrogens is 806 g/mol.